The largest absolute Gasteiger partial charge is 0.464 e. The number of rotatable bonds is 9. The second-order valence-corrected chi connectivity index (χ2v) is 9.60. The number of halogens is 17. The van der Waals surface area contributed by atoms with E-state index in [2.05, 4.69) is 4.74 Å². The first-order chi connectivity index (χ1) is 16.4. The average molecular weight is 624 g/mol. The van der Waals surface area contributed by atoms with Crippen LogP contribution in [0.4, 0.5) is 74.6 Å². The molecule has 0 aromatic rings. The zero-order valence-electron chi connectivity index (χ0n) is 17.7. The highest BCUT2D eigenvalue weighted by Crippen LogP contribution is 2.64. The third kappa shape index (κ3) is 4.08. The first kappa shape index (κ1) is 34.0. The molecule has 0 aliphatic carbocycles. The molecule has 0 bridgehead atoms. The molecule has 0 aromatic carbocycles. The fourth-order valence-corrected chi connectivity index (χ4v) is 4.58. The monoisotopic (exact) mass is 624 g/mol. The summed E-state index contributed by atoms with van der Waals surface area (Å²) in [6, 6.07) is 0. The zero-order valence-corrected chi connectivity index (χ0v) is 18.5. The molecule has 1 unspecified atom stereocenters. The smallest absolute Gasteiger partial charge is 0.456 e. The molecule has 1 aliphatic rings. The number of ether oxygens (including phenoxy) is 1. The van der Waals surface area contributed by atoms with E-state index in [1.165, 1.54) is 0 Å². The number of alkyl halides is 17. The maximum Gasteiger partial charge on any atom is 0.464 e. The van der Waals surface area contributed by atoms with Crippen molar-refractivity contribution in [3.8, 4) is 0 Å². The molecule has 0 N–H and O–H groups in total. The summed E-state index contributed by atoms with van der Waals surface area (Å²) in [7, 11) is -7.49. The summed E-state index contributed by atoms with van der Waals surface area (Å²) >= 11 is 0. The Balaban J connectivity index is 3.86. The van der Waals surface area contributed by atoms with E-state index in [9.17, 15) is 87.8 Å². The van der Waals surface area contributed by atoms with Crippen molar-refractivity contribution in [1.82, 2.24) is 0 Å². The van der Waals surface area contributed by atoms with Crippen LogP contribution in [0.3, 0.4) is 0 Å². The zero-order chi connectivity index (χ0) is 30.8. The van der Waals surface area contributed by atoms with Gasteiger partial charge in [-0.05, 0) is 6.92 Å². The van der Waals surface area contributed by atoms with Gasteiger partial charge in [-0.2, -0.15) is 86.9 Å². The Labute approximate surface area is 199 Å². The van der Waals surface area contributed by atoms with Crippen molar-refractivity contribution in [3.05, 3.63) is 12.3 Å². The molecule has 23 heteroatoms. The van der Waals surface area contributed by atoms with Crippen LogP contribution in [0.5, 0.6) is 0 Å². The van der Waals surface area contributed by atoms with Crippen LogP contribution in [-0.4, -0.2) is 84.9 Å². The Kier molecular flexibility index (Phi) is 8.02. The molecule has 1 atom stereocenters. The number of carbonyl (C=O) groups is 1. The molecule has 0 amide bonds. The van der Waals surface area contributed by atoms with Crippen LogP contribution in [0, 0.1) is 0 Å². The van der Waals surface area contributed by atoms with Crippen LogP contribution in [0.25, 0.3) is 0 Å². The van der Waals surface area contributed by atoms with Crippen molar-refractivity contribution in [2.75, 3.05) is 19.7 Å². The predicted molar refractivity (Wildman–Crippen MR) is 85.4 cm³/mol. The average Bonchev–Trinajstić information content (AvgIpc) is 2.94. The van der Waals surface area contributed by atoms with Crippen molar-refractivity contribution in [1.29, 1.82) is 0 Å². The summed E-state index contributed by atoms with van der Waals surface area (Å²) in [6.07, 6.45) is -8.14. The summed E-state index contributed by atoms with van der Waals surface area (Å²) in [5, 5.41) is -7.68. The molecule has 1 aliphatic heterocycles. The van der Waals surface area contributed by atoms with Crippen molar-refractivity contribution in [3.63, 3.8) is 0 Å². The summed E-state index contributed by atoms with van der Waals surface area (Å²) in [5.41, 5.74) is 0. The molecule has 1 rings (SSSR count). The molecule has 0 fully saturated rings. The van der Waals surface area contributed by atoms with Crippen molar-refractivity contribution < 1.29 is 96.5 Å². The first-order valence-electron chi connectivity index (χ1n) is 9.10. The third-order valence-corrected chi connectivity index (χ3v) is 7.65. The van der Waals surface area contributed by atoms with Gasteiger partial charge < -0.3 is 4.74 Å². The van der Waals surface area contributed by atoms with Gasteiger partial charge in [-0.15, -0.1) is 0 Å². The first-order valence-corrected chi connectivity index (χ1v) is 10.5. The van der Waals surface area contributed by atoms with Gasteiger partial charge in [0.25, 0.3) is 0 Å². The maximum absolute atomic E-state index is 14.5. The minimum atomic E-state index is -8.91. The SMILES string of the molecule is CC[N+]1(S(=O)(=O)C(F)(F)C(F)(F)C(F)(F)C(F)(F)C(F)(F)C(F)(F)C(F)(F)C(F)(F)F)C=CC(=O)OCC1. The number of hydrogen-bond acceptors (Lipinski definition) is 4. The molecule has 0 radical (unpaired) electrons. The lowest BCUT2D eigenvalue weighted by Gasteiger charge is -2.43. The highest BCUT2D eigenvalue weighted by atomic mass is 32.2. The van der Waals surface area contributed by atoms with Gasteiger partial charge >= 0.3 is 63.0 Å². The molecular weight excluding hydrogens is 613 g/mol. The van der Waals surface area contributed by atoms with Gasteiger partial charge in [-0.3, -0.25) is 0 Å². The number of carbonyl (C=O) groups excluding carboxylic acids is 1. The van der Waals surface area contributed by atoms with E-state index < -0.39 is 86.5 Å². The van der Waals surface area contributed by atoms with Gasteiger partial charge in [0.15, 0.2) is 0 Å². The van der Waals surface area contributed by atoms with E-state index in [1.807, 2.05) is 0 Å². The molecule has 1 heterocycles. The van der Waals surface area contributed by atoms with Gasteiger partial charge in [0, 0.05) is 0 Å². The number of nitrogens with zero attached hydrogens (tertiary/aromatic N) is 1. The van der Waals surface area contributed by atoms with Crippen LogP contribution in [-0.2, 0) is 19.6 Å². The standard InChI is InChI=1S/C15H11F17NO4S/c1-2-33(4-3-7(34)37-6-5-33)38(35,36)15(31,32)13(26,27)11(22,23)9(18,19)8(16,17)10(20,21)12(24,25)14(28,29)30/h3-4H,2,5-6H2,1H3/q+1. The normalized spacial score (nSPS) is 21.8. The molecule has 0 saturated carbocycles. The molecule has 224 valence electrons. The summed E-state index contributed by atoms with van der Waals surface area (Å²) in [4.78, 5) is 11.1. The lowest BCUT2D eigenvalue weighted by molar-refractivity contribution is -0.752. The number of quaternary nitrogens is 1. The number of hydrogen-bond donors (Lipinski definition) is 0. The molecule has 0 spiro atoms. The third-order valence-electron chi connectivity index (χ3n) is 5.23. The van der Waals surface area contributed by atoms with Crippen molar-refractivity contribution in [2.45, 2.75) is 53.9 Å². The van der Waals surface area contributed by atoms with Crippen LogP contribution in [0.2, 0.25) is 0 Å². The Morgan fingerprint density at radius 3 is 1.45 bits per heavy atom. The topological polar surface area (TPSA) is 60.4 Å². The van der Waals surface area contributed by atoms with Crippen LogP contribution in [0.1, 0.15) is 6.92 Å². The Morgan fingerprint density at radius 2 is 1.08 bits per heavy atom. The molecule has 0 aromatic heterocycles. The van der Waals surface area contributed by atoms with E-state index >= 15 is 0 Å². The fourth-order valence-electron chi connectivity index (χ4n) is 2.79. The predicted octanol–water partition coefficient (Wildman–Crippen LogP) is 5.19. The van der Waals surface area contributed by atoms with E-state index in [4.69, 9.17) is 0 Å². The second kappa shape index (κ2) is 8.98. The highest BCUT2D eigenvalue weighted by Gasteiger charge is 2.97. The number of likely N-dealkylation sites (N-methyl/N-ethyl adjacent to an activating group) is 1. The van der Waals surface area contributed by atoms with Gasteiger partial charge in [-0.25, -0.2) is 4.79 Å². The van der Waals surface area contributed by atoms with Crippen LogP contribution < -0.4 is 0 Å². The minimum Gasteiger partial charge on any atom is -0.456 e. The Morgan fingerprint density at radius 1 is 0.711 bits per heavy atom. The van der Waals surface area contributed by atoms with E-state index in [1.54, 1.807) is 0 Å². The molecule has 0 saturated heterocycles. The fraction of sp³-hybridized carbons (Fsp3) is 0.800. The van der Waals surface area contributed by atoms with Gasteiger partial charge in [0.2, 0.25) is 0 Å². The quantitative estimate of drug-likeness (QED) is 0.202. The van der Waals surface area contributed by atoms with E-state index in [0.717, 1.165) is 0 Å². The Bertz CT molecular complexity index is 1070. The summed E-state index contributed by atoms with van der Waals surface area (Å²) in [6.45, 7) is -3.63. The molecule has 5 nitrogen and oxygen atoms in total. The van der Waals surface area contributed by atoms with Gasteiger partial charge in [-0.1, -0.05) is 0 Å². The molecular formula is C15H11F17NO4S+. The van der Waals surface area contributed by atoms with Crippen molar-refractivity contribution >= 4 is 16.0 Å². The molecule has 38 heavy (non-hydrogen) atoms. The number of cyclic esters (lactones) is 1. The van der Waals surface area contributed by atoms with Crippen LogP contribution in [0.15, 0.2) is 12.3 Å². The summed E-state index contributed by atoms with van der Waals surface area (Å²) < 4.78 is 254. The van der Waals surface area contributed by atoms with Crippen LogP contribution >= 0.6 is 0 Å². The highest BCUT2D eigenvalue weighted by molar-refractivity contribution is 7.87. The van der Waals surface area contributed by atoms with Crippen molar-refractivity contribution in [2.24, 2.45) is 0 Å². The van der Waals surface area contributed by atoms with Gasteiger partial charge in [0.1, 0.15) is 19.4 Å². The lowest BCUT2D eigenvalue weighted by Crippen LogP contribution is -2.76. The minimum absolute atomic E-state index is 0.0387. The Hall–Kier alpha value is -2.07. The van der Waals surface area contributed by atoms with E-state index in [0.29, 0.717) is 6.92 Å². The second-order valence-electron chi connectivity index (χ2n) is 7.41. The summed E-state index contributed by atoms with van der Waals surface area (Å²) in [5.74, 6) is -53.6. The van der Waals surface area contributed by atoms with E-state index in [-0.39, 0.29) is 12.3 Å². The maximum atomic E-state index is 14.5. The number of esters is 1. The lowest BCUT2D eigenvalue weighted by atomic mass is 9.91. The van der Waals surface area contributed by atoms with Gasteiger partial charge in [0.05, 0.1) is 12.6 Å². The number of sulfonamides is 1.